The van der Waals surface area contributed by atoms with Crippen molar-refractivity contribution in [3.05, 3.63) is 29.3 Å². The molecule has 3 heteroatoms. The third kappa shape index (κ3) is 5.93. The molecule has 114 valence electrons. The number of aryl methyl sites for hydroxylation is 1. The van der Waals surface area contributed by atoms with Gasteiger partial charge in [-0.15, -0.1) is 0 Å². The molecule has 1 aromatic carbocycles. The van der Waals surface area contributed by atoms with Crippen molar-refractivity contribution in [2.24, 2.45) is 0 Å². The lowest BCUT2D eigenvalue weighted by Crippen LogP contribution is -2.25. The second-order valence-corrected chi connectivity index (χ2v) is 5.89. The highest BCUT2D eigenvalue weighted by molar-refractivity contribution is 5.54. The Morgan fingerprint density at radius 2 is 1.85 bits per heavy atom. The van der Waals surface area contributed by atoms with Gasteiger partial charge in [-0.1, -0.05) is 24.6 Å². The van der Waals surface area contributed by atoms with Crippen molar-refractivity contribution >= 4 is 5.69 Å². The highest BCUT2D eigenvalue weighted by Crippen LogP contribution is 2.21. The second-order valence-electron chi connectivity index (χ2n) is 5.89. The zero-order chi connectivity index (χ0) is 15.0. The lowest BCUT2D eigenvalue weighted by Gasteiger charge is -2.24. The summed E-state index contributed by atoms with van der Waals surface area (Å²) in [6, 6.07) is 6.77. The first kappa shape index (κ1) is 17.0. The number of nitrogens with one attached hydrogen (secondary N) is 1. The highest BCUT2D eigenvalue weighted by Gasteiger charge is 2.07. The summed E-state index contributed by atoms with van der Waals surface area (Å²) in [5.74, 6) is 0. The standard InChI is InChI=1S/C17H31N3/c1-6-10-18-14-16-13-15(2)8-9-17(16)20(5)12-7-11-19(3)4/h8-9,13,18H,6-7,10-12,14H2,1-5H3. The van der Waals surface area contributed by atoms with E-state index in [0.29, 0.717) is 0 Å². The Morgan fingerprint density at radius 3 is 2.50 bits per heavy atom. The van der Waals surface area contributed by atoms with Gasteiger partial charge in [0, 0.05) is 25.8 Å². The van der Waals surface area contributed by atoms with Crippen LogP contribution in [0.1, 0.15) is 30.9 Å². The van der Waals surface area contributed by atoms with Crippen LogP contribution in [0.3, 0.4) is 0 Å². The van der Waals surface area contributed by atoms with E-state index in [9.17, 15) is 0 Å². The van der Waals surface area contributed by atoms with Crippen molar-refractivity contribution in [2.45, 2.75) is 33.2 Å². The molecule has 0 aliphatic rings. The molecule has 0 spiro atoms. The lowest BCUT2D eigenvalue weighted by atomic mass is 10.1. The molecule has 0 saturated heterocycles. The van der Waals surface area contributed by atoms with E-state index >= 15 is 0 Å². The Morgan fingerprint density at radius 1 is 1.10 bits per heavy atom. The van der Waals surface area contributed by atoms with Crippen LogP contribution in [0, 0.1) is 6.92 Å². The second kappa shape index (κ2) is 8.98. The summed E-state index contributed by atoms with van der Waals surface area (Å²) < 4.78 is 0. The van der Waals surface area contributed by atoms with Gasteiger partial charge in [-0.25, -0.2) is 0 Å². The van der Waals surface area contributed by atoms with Crippen LogP contribution in [-0.2, 0) is 6.54 Å². The minimum atomic E-state index is 0.961. The minimum absolute atomic E-state index is 0.961. The molecule has 0 aromatic heterocycles. The van der Waals surface area contributed by atoms with Crippen molar-refractivity contribution in [2.75, 3.05) is 45.7 Å². The summed E-state index contributed by atoms with van der Waals surface area (Å²) in [4.78, 5) is 4.62. The van der Waals surface area contributed by atoms with Gasteiger partial charge in [-0.3, -0.25) is 0 Å². The molecular weight excluding hydrogens is 246 g/mol. The normalized spacial score (nSPS) is 11.1. The van der Waals surface area contributed by atoms with Gasteiger partial charge >= 0.3 is 0 Å². The van der Waals surface area contributed by atoms with E-state index in [4.69, 9.17) is 0 Å². The molecule has 0 bridgehead atoms. The predicted octanol–water partition coefficient (Wildman–Crippen LogP) is 2.88. The maximum atomic E-state index is 3.51. The Kier molecular flexibility index (Phi) is 7.63. The number of benzene rings is 1. The molecule has 0 aliphatic carbocycles. The molecule has 0 unspecified atom stereocenters. The minimum Gasteiger partial charge on any atom is -0.374 e. The molecule has 1 rings (SSSR count). The Hall–Kier alpha value is -1.06. The maximum Gasteiger partial charge on any atom is 0.0409 e. The Labute approximate surface area is 125 Å². The first-order chi connectivity index (χ1) is 9.54. The lowest BCUT2D eigenvalue weighted by molar-refractivity contribution is 0.401. The van der Waals surface area contributed by atoms with Crippen molar-refractivity contribution < 1.29 is 0 Å². The van der Waals surface area contributed by atoms with Gasteiger partial charge in [-0.2, -0.15) is 0 Å². The molecule has 1 N–H and O–H groups in total. The van der Waals surface area contributed by atoms with Gasteiger partial charge < -0.3 is 15.1 Å². The number of hydrogen-bond acceptors (Lipinski definition) is 3. The van der Waals surface area contributed by atoms with Gasteiger partial charge in [0.05, 0.1) is 0 Å². The summed E-state index contributed by atoms with van der Waals surface area (Å²) in [5, 5.41) is 3.51. The molecule has 0 atom stereocenters. The van der Waals surface area contributed by atoms with Gasteiger partial charge in [0.2, 0.25) is 0 Å². The fourth-order valence-electron chi connectivity index (χ4n) is 2.37. The molecule has 3 nitrogen and oxygen atoms in total. The first-order valence-corrected chi connectivity index (χ1v) is 7.70. The molecule has 20 heavy (non-hydrogen) atoms. The van der Waals surface area contributed by atoms with Crippen LogP contribution in [0.15, 0.2) is 18.2 Å². The summed E-state index contributed by atoms with van der Waals surface area (Å²) in [5.41, 5.74) is 4.10. The van der Waals surface area contributed by atoms with Crippen LogP contribution >= 0.6 is 0 Å². The van der Waals surface area contributed by atoms with E-state index in [-0.39, 0.29) is 0 Å². The summed E-state index contributed by atoms with van der Waals surface area (Å²) in [6.45, 7) is 8.65. The quantitative estimate of drug-likeness (QED) is 0.700. The number of rotatable bonds is 9. The van der Waals surface area contributed by atoms with Crippen LogP contribution in [0.4, 0.5) is 5.69 Å². The van der Waals surface area contributed by atoms with E-state index in [2.05, 4.69) is 68.3 Å². The van der Waals surface area contributed by atoms with E-state index in [1.807, 2.05) is 0 Å². The summed E-state index contributed by atoms with van der Waals surface area (Å²) in [6.07, 6.45) is 2.37. The van der Waals surface area contributed by atoms with E-state index in [1.165, 1.54) is 29.7 Å². The molecule has 0 aliphatic heterocycles. The fourth-order valence-corrected chi connectivity index (χ4v) is 2.37. The molecule has 0 amide bonds. The average Bonchev–Trinajstić information content (AvgIpc) is 2.38. The van der Waals surface area contributed by atoms with Crippen molar-refractivity contribution in [1.82, 2.24) is 10.2 Å². The zero-order valence-electron chi connectivity index (χ0n) is 13.9. The molecule has 0 heterocycles. The van der Waals surface area contributed by atoms with Gasteiger partial charge in [0.15, 0.2) is 0 Å². The van der Waals surface area contributed by atoms with Crippen LogP contribution in [0.5, 0.6) is 0 Å². The van der Waals surface area contributed by atoms with E-state index in [1.54, 1.807) is 0 Å². The zero-order valence-corrected chi connectivity index (χ0v) is 13.9. The summed E-state index contributed by atoms with van der Waals surface area (Å²) >= 11 is 0. The largest absolute Gasteiger partial charge is 0.374 e. The molecule has 0 fully saturated rings. The number of nitrogens with zero attached hydrogens (tertiary/aromatic N) is 2. The van der Waals surface area contributed by atoms with Crippen LogP contribution < -0.4 is 10.2 Å². The average molecular weight is 277 g/mol. The van der Waals surface area contributed by atoms with Gasteiger partial charge in [0.25, 0.3) is 0 Å². The van der Waals surface area contributed by atoms with E-state index < -0.39 is 0 Å². The third-order valence-corrected chi connectivity index (χ3v) is 3.49. The Bertz CT molecular complexity index is 388. The van der Waals surface area contributed by atoms with Crippen molar-refractivity contribution in [1.29, 1.82) is 0 Å². The Balaban J connectivity index is 2.66. The smallest absolute Gasteiger partial charge is 0.0409 e. The maximum absolute atomic E-state index is 3.51. The number of anilines is 1. The van der Waals surface area contributed by atoms with Gasteiger partial charge in [-0.05, 0) is 58.6 Å². The topological polar surface area (TPSA) is 18.5 Å². The third-order valence-electron chi connectivity index (χ3n) is 3.49. The molecule has 0 saturated carbocycles. The SMILES string of the molecule is CCCNCc1cc(C)ccc1N(C)CCCN(C)C. The monoisotopic (exact) mass is 277 g/mol. The number of hydrogen-bond donors (Lipinski definition) is 1. The molecule has 0 radical (unpaired) electrons. The van der Waals surface area contributed by atoms with Crippen molar-refractivity contribution in [3.63, 3.8) is 0 Å². The van der Waals surface area contributed by atoms with Crippen LogP contribution in [0.25, 0.3) is 0 Å². The van der Waals surface area contributed by atoms with E-state index in [0.717, 1.165) is 26.2 Å². The van der Waals surface area contributed by atoms with Crippen molar-refractivity contribution in [3.8, 4) is 0 Å². The van der Waals surface area contributed by atoms with Crippen LogP contribution in [0.2, 0.25) is 0 Å². The molecule has 1 aromatic rings. The predicted molar refractivity (Wildman–Crippen MR) is 89.6 cm³/mol. The van der Waals surface area contributed by atoms with Gasteiger partial charge in [0.1, 0.15) is 0 Å². The van der Waals surface area contributed by atoms with Crippen LogP contribution in [-0.4, -0.2) is 45.7 Å². The first-order valence-electron chi connectivity index (χ1n) is 7.70. The highest BCUT2D eigenvalue weighted by atomic mass is 15.1. The molecular formula is C17H31N3. The summed E-state index contributed by atoms with van der Waals surface area (Å²) in [7, 11) is 6.46. The fraction of sp³-hybridized carbons (Fsp3) is 0.647.